The van der Waals surface area contributed by atoms with Gasteiger partial charge in [-0.15, -0.1) is 0 Å². The molecule has 2 unspecified atom stereocenters. The zero-order valence-electron chi connectivity index (χ0n) is 12.1. The van der Waals surface area contributed by atoms with Crippen molar-refractivity contribution in [3.8, 4) is 0 Å². The highest BCUT2D eigenvalue weighted by molar-refractivity contribution is 5.96. The summed E-state index contributed by atoms with van der Waals surface area (Å²) in [7, 11) is 0. The zero-order chi connectivity index (χ0) is 14.7. The van der Waals surface area contributed by atoms with Gasteiger partial charge in [-0.25, -0.2) is 9.97 Å². The van der Waals surface area contributed by atoms with Crippen molar-refractivity contribution in [2.45, 2.75) is 52.2 Å². The van der Waals surface area contributed by atoms with Crippen molar-refractivity contribution in [1.29, 1.82) is 0 Å². The first kappa shape index (κ1) is 14.4. The summed E-state index contributed by atoms with van der Waals surface area (Å²) in [6.45, 7) is 5.88. The van der Waals surface area contributed by atoms with E-state index in [2.05, 4.69) is 15.3 Å². The molecule has 1 aromatic rings. The fraction of sp³-hybridized carbons (Fsp3) is 0.571. The van der Waals surface area contributed by atoms with Crippen LogP contribution >= 0.6 is 0 Å². The third-order valence-corrected chi connectivity index (χ3v) is 3.49. The lowest BCUT2D eigenvalue weighted by molar-refractivity contribution is -0.149. The maximum atomic E-state index is 12.4. The maximum Gasteiger partial charge on any atom is 0.246 e. The predicted octanol–water partition coefficient (Wildman–Crippen LogP) is 0.801. The van der Waals surface area contributed by atoms with Gasteiger partial charge in [0.1, 0.15) is 17.9 Å². The van der Waals surface area contributed by atoms with Crippen LogP contribution in [0.25, 0.3) is 0 Å². The molecule has 0 spiro atoms. The third kappa shape index (κ3) is 2.95. The summed E-state index contributed by atoms with van der Waals surface area (Å²) in [5.74, 6) is 0.526. The average Bonchev–Trinajstić information content (AvgIpc) is 2.41. The first-order chi connectivity index (χ1) is 9.52. The fourth-order valence-corrected chi connectivity index (χ4v) is 2.35. The molecule has 2 rings (SSSR count). The second-order valence-corrected chi connectivity index (χ2v) is 5.09. The van der Waals surface area contributed by atoms with E-state index in [1.807, 2.05) is 6.92 Å². The molecule has 1 aliphatic rings. The largest absolute Gasteiger partial charge is 0.343 e. The van der Waals surface area contributed by atoms with Crippen LogP contribution in [0.1, 0.15) is 38.2 Å². The molecule has 6 nitrogen and oxygen atoms in total. The molecular weight excluding hydrogens is 256 g/mol. The van der Waals surface area contributed by atoms with Gasteiger partial charge < -0.3 is 10.2 Å². The predicted molar refractivity (Wildman–Crippen MR) is 73.6 cm³/mol. The minimum Gasteiger partial charge on any atom is -0.343 e. The molecule has 6 heteroatoms. The lowest BCUT2D eigenvalue weighted by Gasteiger charge is -2.37. The molecule has 0 aromatic carbocycles. The molecule has 1 saturated heterocycles. The molecule has 1 N–H and O–H groups in total. The summed E-state index contributed by atoms with van der Waals surface area (Å²) >= 11 is 0. The summed E-state index contributed by atoms with van der Waals surface area (Å²) < 4.78 is 0. The summed E-state index contributed by atoms with van der Waals surface area (Å²) in [6, 6.07) is 0.895. The monoisotopic (exact) mass is 276 g/mol. The van der Waals surface area contributed by atoms with Crippen LogP contribution in [0.4, 0.5) is 0 Å². The third-order valence-electron chi connectivity index (χ3n) is 3.49. The van der Waals surface area contributed by atoms with Crippen molar-refractivity contribution >= 4 is 11.8 Å². The Balaban J connectivity index is 2.18. The minimum absolute atomic E-state index is 0.0322. The number of piperazine rings is 1. The number of hydrogen-bond donors (Lipinski definition) is 1. The van der Waals surface area contributed by atoms with Crippen molar-refractivity contribution in [3.05, 3.63) is 23.8 Å². The van der Waals surface area contributed by atoms with Crippen LogP contribution in [-0.2, 0) is 16.1 Å². The van der Waals surface area contributed by atoms with E-state index >= 15 is 0 Å². The van der Waals surface area contributed by atoms with Gasteiger partial charge in [-0.1, -0.05) is 13.3 Å². The molecule has 0 saturated carbocycles. The number of hydrogen-bond acceptors (Lipinski definition) is 4. The Kier molecular flexibility index (Phi) is 4.32. The van der Waals surface area contributed by atoms with Crippen molar-refractivity contribution in [2.24, 2.45) is 0 Å². The van der Waals surface area contributed by atoms with Gasteiger partial charge >= 0.3 is 0 Å². The van der Waals surface area contributed by atoms with Gasteiger partial charge in [0.25, 0.3) is 0 Å². The van der Waals surface area contributed by atoms with Gasteiger partial charge in [0.15, 0.2) is 0 Å². The van der Waals surface area contributed by atoms with Gasteiger partial charge in [-0.3, -0.25) is 9.59 Å². The molecule has 1 aromatic heterocycles. The Hall–Kier alpha value is -1.98. The molecule has 2 heterocycles. The van der Waals surface area contributed by atoms with Crippen LogP contribution in [0.5, 0.6) is 0 Å². The molecule has 0 aliphatic carbocycles. The molecule has 108 valence electrons. The molecule has 1 fully saturated rings. The van der Waals surface area contributed by atoms with Crippen molar-refractivity contribution in [1.82, 2.24) is 20.2 Å². The lowest BCUT2D eigenvalue weighted by atomic mass is 10.0. The Morgan fingerprint density at radius 3 is 2.80 bits per heavy atom. The highest BCUT2D eigenvalue weighted by Gasteiger charge is 2.37. The van der Waals surface area contributed by atoms with Crippen LogP contribution in [0.3, 0.4) is 0 Å². The molecule has 2 amide bonds. The Morgan fingerprint density at radius 1 is 1.40 bits per heavy atom. The van der Waals surface area contributed by atoms with Gasteiger partial charge in [-0.2, -0.15) is 0 Å². The number of rotatable bonds is 4. The summed E-state index contributed by atoms with van der Waals surface area (Å²) in [4.78, 5) is 34.3. The van der Waals surface area contributed by atoms with Crippen molar-refractivity contribution in [3.63, 3.8) is 0 Å². The normalized spacial score (nSPS) is 22.9. The Bertz CT molecular complexity index is 518. The number of aromatic nitrogens is 2. The van der Waals surface area contributed by atoms with Crippen molar-refractivity contribution < 1.29 is 9.59 Å². The van der Waals surface area contributed by atoms with E-state index < -0.39 is 12.1 Å². The minimum atomic E-state index is -0.467. The number of carbonyl (C=O) groups is 2. The highest BCUT2D eigenvalue weighted by Crippen LogP contribution is 2.16. The maximum absolute atomic E-state index is 12.4. The van der Waals surface area contributed by atoms with Crippen molar-refractivity contribution in [2.75, 3.05) is 0 Å². The lowest BCUT2D eigenvalue weighted by Crippen LogP contribution is -2.61. The quantitative estimate of drug-likeness (QED) is 0.882. The second-order valence-electron chi connectivity index (χ2n) is 5.09. The summed E-state index contributed by atoms with van der Waals surface area (Å²) in [5, 5.41) is 2.78. The van der Waals surface area contributed by atoms with Crippen LogP contribution < -0.4 is 5.32 Å². The topological polar surface area (TPSA) is 75.2 Å². The first-order valence-electron chi connectivity index (χ1n) is 6.92. The summed E-state index contributed by atoms with van der Waals surface area (Å²) in [5.41, 5.74) is 0.752. The van der Waals surface area contributed by atoms with E-state index in [9.17, 15) is 9.59 Å². The summed E-state index contributed by atoms with van der Waals surface area (Å²) in [6.07, 6.45) is 3.18. The molecule has 20 heavy (non-hydrogen) atoms. The number of carbonyl (C=O) groups excluding carboxylic acids is 2. The fourth-order valence-electron chi connectivity index (χ4n) is 2.35. The van der Waals surface area contributed by atoms with Crippen LogP contribution in [0.2, 0.25) is 0 Å². The molecule has 2 atom stereocenters. The Labute approximate surface area is 118 Å². The highest BCUT2D eigenvalue weighted by atomic mass is 16.2. The number of nitrogens with zero attached hydrogens (tertiary/aromatic N) is 3. The number of nitrogens with one attached hydrogen (secondary N) is 1. The standard InChI is InChI=1S/C14H20N4O2/c1-4-5-12-14(20)18(9(2)13(19)17-12)8-11-6-7-15-10(3)16-11/h6-7,9,12H,4-5,8H2,1-3H3,(H,17,19). The molecule has 1 aliphatic heterocycles. The van der Waals surface area contributed by atoms with Gasteiger partial charge in [0, 0.05) is 6.20 Å². The van der Waals surface area contributed by atoms with E-state index in [1.54, 1.807) is 31.0 Å². The zero-order valence-corrected chi connectivity index (χ0v) is 12.1. The van der Waals surface area contributed by atoms with Gasteiger partial charge in [0.05, 0.1) is 12.2 Å². The van der Waals surface area contributed by atoms with E-state index in [0.29, 0.717) is 18.8 Å². The SMILES string of the molecule is CCCC1NC(=O)C(C)N(Cc2ccnc(C)n2)C1=O. The first-order valence-corrected chi connectivity index (χ1v) is 6.92. The average molecular weight is 276 g/mol. The van der Waals surface area contributed by atoms with E-state index in [4.69, 9.17) is 0 Å². The smallest absolute Gasteiger partial charge is 0.246 e. The number of aryl methyl sites for hydroxylation is 1. The van der Waals surface area contributed by atoms with Crippen LogP contribution in [0, 0.1) is 6.92 Å². The van der Waals surface area contributed by atoms with E-state index in [1.165, 1.54) is 0 Å². The van der Waals surface area contributed by atoms with Gasteiger partial charge in [-0.05, 0) is 26.3 Å². The van der Waals surface area contributed by atoms with Crippen LogP contribution in [-0.4, -0.2) is 38.8 Å². The molecule has 0 radical (unpaired) electrons. The second kappa shape index (κ2) is 5.98. The molecule has 0 bridgehead atoms. The van der Waals surface area contributed by atoms with Crippen LogP contribution in [0.15, 0.2) is 12.3 Å². The number of amides is 2. The van der Waals surface area contributed by atoms with Gasteiger partial charge in [0.2, 0.25) is 11.8 Å². The Morgan fingerprint density at radius 2 is 2.15 bits per heavy atom. The molecular formula is C14H20N4O2. The van der Waals surface area contributed by atoms with E-state index in [0.717, 1.165) is 12.1 Å². The van der Waals surface area contributed by atoms with E-state index in [-0.39, 0.29) is 11.8 Å².